The molecule has 7 rings (SSSR count). The van der Waals surface area contributed by atoms with E-state index in [1.165, 1.54) is 12.1 Å². The van der Waals surface area contributed by atoms with Gasteiger partial charge in [-0.25, -0.2) is 22.5 Å². The van der Waals surface area contributed by atoms with Crippen LogP contribution in [0.15, 0.2) is 95.5 Å². The Kier molecular flexibility index (Phi) is 13.7. The van der Waals surface area contributed by atoms with Crippen molar-refractivity contribution in [2.75, 3.05) is 51.9 Å². The van der Waals surface area contributed by atoms with Crippen molar-refractivity contribution < 1.29 is 41.2 Å². The fourth-order valence-corrected chi connectivity index (χ4v) is 8.51. The van der Waals surface area contributed by atoms with E-state index >= 15 is 0 Å². The van der Waals surface area contributed by atoms with Crippen LogP contribution in [0.5, 0.6) is 0 Å². The van der Waals surface area contributed by atoms with Gasteiger partial charge in [0, 0.05) is 83.8 Å². The van der Waals surface area contributed by atoms with Crippen molar-refractivity contribution in [2.45, 2.75) is 62.7 Å². The highest BCUT2D eigenvalue weighted by Gasteiger charge is 2.38. The molecule has 16 heteroatoms. The molecule has 0 aliphatic carbocycles. The van der Waals surface area contributed by atoms with E-state index in [1.807, 2.05) is 0 Å². The smallest absolute Gasteiger partial charge is 0.244 e. The van der Waals surface area contributed by atoms with Crippen molar-refractivity contribution in [3.05, 3.63) is 126 Å². The van der Waals surface area contributed by atoms with Gasteiger partial charge in [0.05, 0.1) is 6.20 Å². The van der Waals surface area contributed by atoms with Gasteiger partial charge in [0.15, 0.2) is 5.76 Å². The average Bonchev–Trinajstić information content (AvgIpc) is 4.02. The first-order valence-electron chi connectivity index (χ1n) is 20.8. The maximum atomic E-state index is 14.7. The molecule has 2 fully saturated rings. The number of rotatable bonds is 14. The molecule has 0 radical (unpaired) electrons. The van der Waals surface area contributed by atoms with Gasteiger partial charge in [-0.2, -0.15) is 0 Å². The second-order valence-corrected chi connectivity index (χ2v) is 16.4. The predicted octanol–water partition coefficient (Wildman–Crippen LogP) is 7.81. The van der Waals surface area contributed by atoms with Crippen LogP contribution in [-0.4, -0.2) is 102 Å². The molecule has 63 heavy (non-hydrogen) atoms. The van der Waals surface area contributed by atoms with Gasteiger partial charge in [-0.05, 0) is 115 Å². The Morgan fingerprint density at radius 3 is 1.49 bits per heavy atom. The molecular weight excluding hydrogens is 819 g/mol. The SMILES string of the molecule is CN(C)C(C(=O)N1CCC[C@H]1CC(=O)Nc1ccc(-c2cnc(-c3ccc(NC(=O)C[C@@H]4CCCN4C(=O)C(c4ccc(F)cc4F)N(C)C)cc3)o2)cc1)c1ccc(F)cc1F. The third-order valence-corrected chi connectivity index (χ3v) is 11.6. The van der Waals surface area contributed by atoms with Gasteiger partial charge in [0.25, 0.3) is 0 Å². The van der Waals surface area contributed by atoms with E-state index in [9.17, 15) is 36.7 Å². The zero-order valence-electron chi connectivity index (χ0n) is 35.4. The van der Waals surface area contributed by atoms with Gasteiger partial charge in [-0.3, -0.25) is 29.0 Å². The minimum absolute atomic E-state index is 0.0476. The number of halogens is 4. The van der Waals surface area contributed by atoms with Gasteiger partial charge >= 0.3 is 0 Å². The summed E-state index contributed by atoms with van der Waals surface area (Å²) in [5.41, 5.74) is 2.60. The van der Waals surface area contributed by atoms with Crippen molar-refractivity contribution in [1.82, 2.24) is 24.6 Å². The number of carbonyl (C=O) groups is 4. The Bertz CT molecular complexity index is 2290. The van der Waals surface area contributed by atoms with Crippen LogP contribution in [0.2, 0.25) is 0 Å². The van der Waals surface area contributed by atoms with Crippen molar-refractivity contribution in [3.63, 3.8) is 0 Å². The number of carbonyl (C=O) groups excluding carboxylic acids is 4. The van der Waals surface area contributed by atoms with E-state index in [0.29, 0.717) is 72.9 Å². The molecular formula is C47H49F4N7O5. The molecule has 4 amide bonds. The zero-order valence-corrected chi connectivity index (χ0v) is 35.4. The number of nitrogens with zero attached hydrogens (tertiary/aromatic N) is 5. The Labute approximate surface area is 362 Å². The van der Waals surface area contributed by atoms with Crippen LogP contribution in [-0.2, 0) is 19.2 Å². The molecule has 4 atom stereocenters. The summed E-state index contributed by atoms with van der Waals surface area (Å²) in [4.78, 5) is 64.5. The minimum atomic E-state index is -0.973. The molecule has 0 bridgehead atoms. The van der Waals surface area contributed by atoms with E-state index in [2.05, 4.69) is 15.6 Å². The summed E-state index contributed by atoms with van der Waals surface area (Å²) in [6.45, 7) is 0.849. The van der Waals surface area contributed by atoms with E-state index < -0.39 is 35.4 Å². The number of anilines is 2. The number of nitrogens with one attached hydrogen (secondary N) is 2. The van der Waals surface area contributed by atoms with Crippen molar-refractivity contribution >= 4 is 35.0 Å². The number of hydrogen-bond acceptors (Lipinski definition) is 8. The fraction of sp³-hybridized carbons (Fsp3) is 0.340. The zero-order chi connectivity index (χ0) is 44.9. The van der Waals surface area contributed by atoms with Crippen LogP contribution >= 0.6 is 0 Å². The summed E-state index contributed by atoms with van der Waals surface area (Å²) in [7, 11) is 6.61. The Morgan fingerprint density at radius 2 is 1.08 bits per heavy atom. The number of amides is 4. The lowest BCUT2D eigenvalue weighted by Gasteiger charge is -2.32. The quantitative estimate of drug-likeness (QED) is 0.108. The molecule has 5 aromatic rings. The fourth-order valence-electron chi connectivity index (χ4n) is 8.51. The highest BCUT2D eigenvalue weighted by Crippen LogP contribution is 2.33. The van der Waals surface area contributed by atoms with Crippen LogP contribution in [0.4, 0.5) is 28.9 Å². The summed E-state index contributed by atoms with van der Waals surface area (Å²) in [6, 6.07) is 17.6. The van der Waals surface area contributed by atoms with Crippen molar-refractivity contribution in [3.8, 4) is 22.8 Å². The van der Waals surface area contributed by atoms with Crippen molar-refractivity contribution in [1.29, 1.82) is 0 Å². The summed E-state index contributed by atoms with van der Waals surface area (Å²) in [5, 5.41) is 5.78. The molecule has 1 aromatic heterocycles. The highest BCUT2D eigenvalue weighted by molar-refractivity contribution is 5.93. The second-order valence-electron chi connectivity index (χ2n) is 16.4. The number of likely N-dealkylation sites (N-methyl/N-ethyl adjacent to an activating group) is 2. The third-order valence-electron chi connectivity index (χ3n) is 11.6. The Morgan fingerprint density at radius 1 is 0.651 bits per heavy atom. The van der Waals surface area contributed by atoms with Crippen LogP contribution in [0, 0.1) is 23.3 Å². The lowest BCUT2D eigenvalue weighted by atomic mass is 10.0. The molecule has 2 saturated heterocycles. The Balaban J connectivity index is 0.914. The standard InChI is InChI=1S/C47H49F4N7O5/c1-55(2)43(36-19-13-30(48)23-38(36)50)46(61)57-21-5-7-34(57)25-41(59)53-32-15-9-28(10-16-32)40-27-52-45(63-40)29-11-17-33(18-12-29)54-42(60)26-35-8-6-22-58(35)47(62)44(56(3)4)37-20-14-31(49)24-39(37)51/h9-20,23-24,27,34-35,43-44H,5-8,21-22,25-26H2,1-4H3,(H,53,59)(H,54,60)/t34-,35-,43?,44?/m0/s1. The molecule has 0 saturated carbocycles. The minimum Gasteiger partial charge on any atom is -0.436 e. The topological polar surface area (TPSA) is 131 Å². The number of likely N-dealkylation sites (tertiary alicyclic amines) is 2. The lowest BCUT2D eigenvalue weighted by Crippen LogP contribution is -2.44. The first-order chi connectivity index (χ1) is 30.2. The molecule has 0 spiro atoms. The molecule has 2 aliphatic rings. The number of hydrogen-bond donors (Lipinski definition) is 2. The van der Waals surface area contributed by atoms with E-state index in [-0.39, 0.29) is 59.7 Å². The van der Waals surface area contributed by atoms with E-state index in [1.54, 1.807) is 103 Å². The summed E-state index contributed by atoms with van der Waals surface area (Å²) in [5.74, 6) is -3.50. The second kappa shape index (κ2) is 19.3. The normalized spacial score (nSPS) is 17.3. The third kappa shape index (κ3) is 10.3. The van der Waals surface area contributed by atoms with Gasteiger partial charge in [-0.15, -0.1) is 0 Å². The van der Waals surface area contributed by atoms with Gasteiger partial charge in [0.2, 0.25) is 29.5 Å². The van der Waals surface area contributed by atoms with Crippen molar-refractivity contribution in [2.24, 2.45) is 0 Å². The molecule has 2 aliphatic heterocycles. The predicted molar refractivity (Wildman–Crippen MR) is 229 cm³/mol. The van der Waals surface area contributed by atoms with E-state index in [0.717, 1.165) is 24.3 Å². The largest absolute Gasteiger partial charge is 0.436 e. The van der Waals surface area contributed by atoms with Gasteiger partial charge in [0.1, 0.15) is 35.4 Å². The first kappa shape index (κ1) is 44.7. The monoisotopic (exact) mass is 867 g/mol. The van der Waals surface area contributed by atoms with E-state index in [4.69, 9.17) is 4.42 Å². The average molecular weight is 868 g/mol. The summed E-state index contributed by atoms with van der Waals surface area (Å²) in [6.07, 6.45) is 4.30. The van der Waals surface area contributed by atoms with Gasteiger partial charge < -0.3 is 24.9 Å². The van der Waals surface area contributed by atoms with Crippen LogP contribution < -0.4 is 10.6 Å². The maximum absolute atomic E-state index is 14.7. The number of aromatic nitrogens is 1. The number of oxazole rings is 1. The molecule has 4 aromatic carbocycles. The van der Waals surface area contributed by atoms with Gasteiger partial charge in [-0.1, -0.05) is 12.1 Å². The molecule has 12 nitrogen and oxygen atoms in total. The molecule has 2 unspecified atom stereocenters. The highest BCUT2D eigenvalue weighted by atomic mass is 19.1. The number of benzene rings is 4. The summed E-state index contributed by atoms with van der Waals surface area (Å²) >= 11 is 0. The van der Waals surface area contributed by atoms with Crippen LogP contribution in [0.3, 0.4) is 0 Å². The summed E-state index contributed by atoms with van der Waals surface area (Å²) < 4.78 is 62.7. The Hall–Kier alpha value is -6.39. The molecule has 330 valence electrons. The van der Waals surface area contributed by atoms with Crippen LogP contribution in [0.1, 0.15) is 61.7 Å². The first-order valence-corrected chi connectivity index (χ1v) is 20.8. The molecule has 3 heterocycles. The maximum Gasteiger partial charge on any atom is 0.244 e. The molecule has 2 N–H and O–H groups in total. The van der Waals surface area contributed by atoms with Crippen LogP contribution in [0.25, 0.3) is 22.8 Å². The lowest BCUT2D eigenvalue weighted by molar-refractivity contribution is -0.138.